The highest BCUT2D eigenvalue weighted by Gasteiger charge is 2.41. The minimum Gasteiger partial charge on any atom is -0.362 e. The molecule has 3 unspecified atom stereocenters. The van der Waals surface area contributed by atoms with Crippen molar-refractivity contribution in [2.45, 2.75) is 92.2 Å². The third-order valence-corrected chi connectivity index (χ3v) is 4.89. The fraction of sp³-hybridized carbons (Fsp3) is 1.00. The zero-order chi connectivity index (χ0) is 15.3. The maximum Gasteiger partial charge on any atom is 0.290 e. The van der Waals surface area contributed by atoms with E-state index >= 15 is 0 Å². The van der Waals surface area contributed by atoms with E-state index in [1.807, 2.05) is 0 Å². The van der Waals surface area contributed by atoms with Crippen molar-refractivity contribution in [1.29, 1.82) is 0 Å². The lowest BCUT2D eigenvalue weighted by atomic mass is 9.54. The van der Waals surface area contributed by atoms with Gasteiger partial charge in [0.05, 0.1) is 0 Å². The second-order valence-corrected chi connectivity index (χ2v) is 6.23. The molecule has 1 saturated heterocycles. The average Bonchev–Trinajstić information content (AvgIpc) is 2.50. The van der Waals surface area contributed by atoms with E-state index in [4.69, 9.17) is 0 Å². The van der Waals surface area contributed by atoms with Crippen molar-refractivity contribution in [2.24, 2.45) is 0 Å². The topological polar surface area (TPSA) is 9.72 Å². The lowest BCUT2D eigenvalue weighted by molar-refractivity contribution is 0.335. The normalized spacial score (nSPS) is 23.1. The highest BCUT2D eigenvalue weighted by Crippen LogP contribution is 2.21. The van der Waals surface area contributed by atoms with Crippen LogP contribution >= 0.6 is 0 Å². The number of hydrogen-bond donors (Lipinski definition) is 0. The van der Waals surface area contributed by atoms with Crippen molar-refractivity contribution in [1.82, 2.24) is 14.2 Å². The predicted molar refractivity (Wildman–Crippen MR) is 92.5 cm³/mol. The van der Waals surface area contributed by atoms with Crippen LogP contribution in [0.3, 0.4) is 0 Å². The van der Waals surface area contributed by atoms with Crippen LogP contribution in [0, 0.1) is 0 Å². The SMILES string of the molecule is CCB1N(C(C)CC)[B]N(C(C)CC)[B]N1C(C)CC. The van der Waals surface area contributed by atoms with E-state index in [1.54, 1.807) is 0 Å². The van der Waals surface area contributed by atoms with Crippen LogP contribution < -0.4 is 0 Å². The lowest BCUT2D eigenvalue weighted by Gasteiger charge is -2.51. The van der Waals surface area contributed by atoms with Crippen LogP contribution in [0.1, 0.15) is 67.7 Å². The van der Waals surface area contributed by atoms with Crippen LogP contribution in [-0.4, -0.2) is 54.4 Å². The summed E-state index contributed by atoms with van der Waals surface area (Å²) in [5, 5.41) is 0. The van der Waals surface area contributed by atoms with Gasteiger partial charge in [0.1, 0.15) is 0 Å². The Bertz CT molecular complexity index is 260. The molecule has 0 bridgehead atoms. The van der Waals surface area contributed by atoms with Gasteiger partial charge in [-0.1, -0.05) is 48.5 Å². The summed E-state index contributed by atoms with van der Waals surface area (Å²) in [6.07, 6.45) is 4.72. The molecule has 1 heterocycles. The Labute approximate surface area is 129 Å². The van der Waals surface area contributed by atoms with Gasteiger partial charge in [0.2, 0.25) is 0 Å². The maximum atomic E-state index is 2.57. The second-order valence-electron chi connectivity index (χ2n) is 6.23. The second kappa shape index (κ2) is 8.50. The molecule has 0 N–H and O–H groups in total. The van der Waals surface area contributed by atoms with Gasteiger partial charge in [-0.2, -0.15) is 0 Å². The number of hydrogen-bond acceptors (Lipinski definition) is 3. The van der Waals surface area contributed by atoms with Gasteiger partial charge < -0.3 is 14.2 Å². The van der Waals surface area contributed by atoms with Crippen molar-refractivity contribution in [3.63, 3.8) is 0 Å². The van der Waals surface area contributed by atoms with Crippen LogP contribution in [0.2, 0.25) is 6.32 Å². The summed E-state index contributed by atoms with van der Waals surface area (Å²) in [7, 11) is 4.71. The summed E-state index contributed by atoms with van der Waals surface area (Å²) in [4.78, 5) is 0. The molecule has 1 aliphatic rings. The third-order valence-electron chi connectivity index (χ3n) is 4.89. The van der Waals surface area contributed by atoms with Gasteiger partial charge in [0.15, 0.2) is 0 Å². The van der Waals surface area contributed by atoms with Crippen molar-refractivity contribution in [3.8, 4) is 0 Å². The van der Waals surface area contributed by atoms with E-state index in [1.165, 1.54) is 19.3 Å². The molecule has 112 valence electrons. The highest BCUT2D eigenvalue weighted by atomic mass is 15.3. The Hall–Kier alpha value is 0.0748. The lowest BCUT2D eigenvalue weighted by Crippen LogP contribution is -2.72. The zero-order valence-corrected chi connectivity index (χ0v) is 14.6. The van der Waals surface area contributed by atoms with E-state index in [2.05, 4.69) is 77.7 Å². The summed E-state index contributed by atoms with van der Waals surface area (Å²) >= 11 is 0. The van der Waals surface area contributed by atoms with E-state index in [0.29, 0.717) is 25.1 Å². The summed E-state index contributed by atoms with van der Waals surface area (Å²) in [6, 6.07) is 1.74. The molecule has 0 saturated carbocycles. The zero-order valence-electron chi connectivity index (χ0n) is 14.6. The smallest absolute Gasteiger partial charge is 0.290 e. The summed E-state index contributed by atoms with van der Waals surface area (Å²) in [6.45, 7) is 16.6. The number of rotatable bonds is 7. The Morgan fingerprint density at radius 2 is 1.15 bits per heavy atom. The molecular weight excluding hydrogens is 243 g/mol. The monoisotopic (exact) mass is 275 g/mol. The molecule has 20 heavy (non-hydrogen) atoms. The molecule has 0 amide bonds. The number of nitrogens with zero attached hydrogens (tertiary/aromatic N) is 3. The first-order chi connectivity index (χ1) is 9.49. The largest absolute Gasteiger partial charge is 0.362 e. The van der Waals surface area contributed by atoms with Crippen LogP contribution in [0.15, 0.2) is 0 Å². The molecule has 0 spiro atoms. The molecular formula is C14H32B3N3. The van der Waals surface area contributed by atoms with Gasteiger partial charge in [-0.05, 0) is 43.7 Å². The Kier molecular flexibility index (Phi) is 7.70. The van der Waals surface area contributed by atoms with Crippen LogP contribution in [0.5, 0.6) is 0 Å². The van der Waals surface area contributed by atoms with Gasteiger partial charge in [-0.15, -0.1) is 0 Å². The van der Waals surface area contributed by atoms with E-state index in [-0.39, 0.29) is 0 Å². The molecule has 3 atom stereocenters. The first-order valence-corrected chi connectivity index (χ1v) is 8.52. The minimum atomic E-state index is 0.500. The van der Waals surface area contributed by atoms with Gasteiger partial charge in [-0.3, -0.25) is 0 Å². The predicted octanol–water partition coefficient (Wildman–Crippen LogP) is 2.88. The quantitative estimate of drug-likeness (QED) is 0.661. The first kappa shape index (κ1) is 18.1. The molecule has 1 aliphatic heterocycles. The minimum absolute atomic E-state index is 0.500. The van der Waals surface area contributed by atoms with Gasteiger partial charge >= 0.3 is 0 Å². The van der Waals surface area contributed by atoms with Crippen molar-refractivity contribution in [3.05, 3.63) is 0 Å². The molecule has 0 aromatic heterocycles. The summed E-state index contributed by atoms with van der Waals surface area (Å²) in [5.74, 6) is 0. The van der Waals surface area contributed by atoms with E-state index in [0.717, 1.165) is 6.32 Å². The summed E-state index contributed by atoms with van der Waals surface area (Å²) in [5.41, 5.74) is 0. The average molecular weight is 275 g/mol. The fourth-order valence-electron chi connectivity index (χ4n) is 2.74. The van der Waals surface area contributed by atoms with Crippen LogP contribution in [0.25, 0.3) is 0 Å². The maximum absolute atomic E-state index is 2.57. The van der Waals surface area contributed by atoms with Gasteiger partial charge in [-0.25, -0.2) is 0 Å². The molecule has 2 radical (unpaired) electrons. The van der Waals surface area contributed by atoms with Crippen LogP contribution in [0.4, 0.5) is 0 Å². The van der Waals surface area contributed by atoms with E-state index < -0.39 is 0 Å². The molecule has 0 aromatic carbocycles. The fourth-order valence-corrected chi connectivity index (χ4v) is 2.74. The van der Waals surface area contributed by atoms with Crippen LogP contribution in [-0.2, 0) is 0 Å². The standard InChI is InChI=1S/C14H32B3N3/c1-8-12(5)18-15-19(13(6)9-2)17(11-4)20(16-18)14(7)10-3/h12-14H,8-11H2,1-7H3. The summed E-state index contributed by atoms with van der Waals surface area (Å²) < 4.78 is 7.54. The highest BCUT2D eigenvalue weighted by molar-refractivity contribution is 6.74. The molecule has 3 nitrogen and oxygen atoms in total. The molecule has 1 fully saturated rings. The van der Waals surface area contributed by atoms with E-state index in [9.17, 15) is 0 Å². The van der Waals surface area contributed by atoms with Crippen molar-refractivity contribution in [2.75, 3.05) is 0 Å². The Balaban J connectivity index is 2.95. The third kappa shape index (κ3) is 4.05. The van der Waals surface area contributed by atoms with Crippen molar-refractivity contribution >= 4 is 22.1 Å². The Morgan fingerprint density at radius 1 is 0.750 bits per heavy atom. The molecule has 6 heteroatoms. The Morgan fingerprint density at radius 3 is 1.45 bits per heavy atom. The molecule has 1 rings (SSSR count). The molecule has 0 aromatic rings. The van der Waals surface area contributed by atoms with Gasteiger partial charge in [0.25, 0.3) is 22.1 Å². The first-order valence-electron chi connectivity index (χ1n) is 8.52. The molecule has 0 aliphatic carbocycles. The van der Waals surface area contributed by atoms with Gasteiger partial charge in [0, 0.05) is 0 Å². The van der Waals surface area contributed by atoms with Crippen molar-refractivity contribution < 1.29 is 0 Å².